The molecule has 0 radical (unpaired) electrons. The van der Waals surface area contributed by atoms with Gasteiger partial charge in [-0.05, 0) is 43.1 Å². The molecule has 3 nitrogen and oxygen atoms in total. The van der Waals surface area contributed by atoms with Crippen molar-refractivity contribution in [3.8, 4) is 0 Å². The smallest absolute Gasteiger partial charge is 0.0411 e. The Morgan fingerprint density at radius 1 is 1.38 bits per heavy atom. The Morgan fingerprint density at radius 2 is 2.25 bits per heavy atom. The molecule has 1 saturated heterocycles. The number of nitrogens with zero attached hydrogens (tertiary/aromatic N) is 2. The van der Waals surface area contributed by atoms with Gasteiger partial charge in [0, 0.05) is 37.6 Å². The van der Waals surface area contributed by atoms with Gasteiger partial charge in [-0.1, -0.05) is 0 Å². The molecular formula is C13H19N3. The molecule has 1 atom stereocenters. The maximum absolute atomic E-state index is 5.88. The Labute approximate surface area is 96.8 Å². The second-order valence-electron chi connectivity index (χ2n) is 5.04. The Morgan fingerprint density at radius 3 is 3.12 bits per heavy atom. The number of rotatable bonds is 0. The van der Waals surface area contributed by atoms with E-state index in [4.69, 9.17) is 5.73 Å². The number of hydrogen-bond acceptors (Lipinski definition) is 3. The minimum atomic E-state index is 0.735. The molecule has 2 heterocycles. The summed E-state index contributed by atoms with van der Waals surface area (Å²) in [6.45, 7) is 3.46. The molecule has 0 saturated carbocycles. The van der Waals surface area contributed by atoms with Gasteiger partial charge in [-0.15, -0.1) is 0 Å². The van der Waals surface area contributed by atoms with E-state index in [-0.39, 0.29) is 0 Å². The molecule has 1 unspecified atom stereocenters. The maximum atomic E-state index is 5.88. The number of nitrogens with two attached hydrogens (primary N) is 1. The highest BCUT2D eigenvalue weighted by atomic mass is 15.2. The molecule has 1 fully saturated rings. The van der Waals surface area contributed by atoms with Crippen molar-refractivity contribution in [2.24, 2.45) is 0 Å². The van der Waals surface area contributed by atoms with Gasteiger partial charge in [0.05, 0.1) is 0 Å². The molecule has 3 heteroatoms. The van der Waals surface area contributed by atoms with Gasteiger partial charge in [-0.2, -0.15) is 0 Å². The van der Waals surface area contributed by atoms with Gasteiger partial charge in [0.2, 0.25) is 0 Å². The summed E-state index contributed by atoms with van der Waals surface area (Å²) < 4.78 is 0. The largest absolute Gasteiger partial charge is 0.399 e. The molecule has 0 amide bonds. The van der Waals surface area contributed by atoms with Crippen molar-refractivity contribution in [3.05, 3.63) is 23.8 Å². The van der Waals surface area contributed by atoms with Crippen LogP contribution in [0.4, 0.5) is 11.4 Å². The second kappa shape index (κ2) is 3.67. The van der Waals surface area contributed by atoms with Crippen LogP contribution < -0.4 is 10.6 Å². The average Bonchev–Trinajstić information content (AvgIpc) is 2.61. The summed E-state index contributed by atoms with van der Waals surface area (Å²) in [7, 11) is 2.19. The van der Waals surface area contributed by atoms with Gasteiger partial charge in [0.15, 0.2) is 0 Å². The van der Waals surface area contributed by atoms with Crippen LogP contribution in [-0.2, 0) is 6.54 Å². The normalized spacial score (nSPS) is 25.1. The van der Waals surface area contributed by atoms with Gasteiger partial charge in [-0.3, -0.25) is 4.90 Å². The summed E-state index contributed by atoms with van der Waals surface area (Å²) >= 11 is 0. The predicted octanol–water partition coefficient (Wildman–Crippen LogP) is 1.68. The molecule has 0 aromatic heterocycles. The van der Waals surface area contributed by atoms with Crippen LogP contribution in [0.1, 0.15) is 18.4 Å². The van der Waals surface area contributed by atoms with Gasteiger partial charge in [0.25, 0.3) is 0 Å². The van der Waals surface area contributed by atoms with Crippen LogP contribution in [0.5, 0.6) is 0 Å². The molecule has 0 aliphatic carbocycles. The quantitative estimate of drug-likeness (QED) is 0.671. The van der Waals surface area contributed by atoms with Gasteiger partial charge in [-0.25, -0.2) is 0 Å². The van der Waals surface area contributed by atoms with E-state index in [1.165, 1.54) is 30.6 Å². The fourth-order valence-electron chi connectivity index (χ4n) is 3.05. The molecule has 0 bridgehead atoms. The van der Waals surface area contributed by atoms with Crippen molar-refractivity contribution in [2.45, 2.75) is 25.4 Å². The number of nitrogen functional groups attached to an aromatic ring is 1. The molecule has 2 aliphatic heterocycles. The van der Waals surface area contributed by atoms with Gasteiger partial charge < -0.3 is 10.6 Å². The van der Waals surface area contributed by atoms with Crippen molar-refractivity contribution in [2.75, 3.05) is 30.8 Å². The summed E-state index contributed by atoms with van der Waals surface area (Å²) in [5.41, 5.74) is 9.49. The Bertz CT molecular complexity index is 402. The fraction of sp³-hybridized carbons (Fsp3) is 0.538. The fourth-order valence-corrected chi connectivity index (χ4v) is 3.05. The average molecular weight is 217 g/mol. The zero-order valence-corrected chi connectivity index (χ0v) is 9.82. The van der Waals surface area contributed by atoms with E-state index in [1.807, 2.05) is 6.07 Å². The highest BCUT2D eigenvalue weighted by molar-refractivity contribution is 5.60. The summed E-state index contributed by atoms with van der Waals surface area (Å²) in [5.74, 6) is 0. The molecule has 0 spiro atoms. The third kappa shape index (κ3) is 1.55. The molecule has 2 N–H and O–H groups in total. The van der Waals surface area contributed by atoms with E-state index in [9.17, 15) is 0 Å². The highest BCUT2D eigenvalue weighted by Gasteiger charge is 2.29. The standard InChI is InChI=1S/C13H19N3/c1-15-9-12-3-2-6-16(12)8-10-7-11(14)4-5-13(10)15/h4-5,7,12H,2-3,6,8-9,14H2,1H3. The zero-order valence-electron chi connectivity index (χ0n) is 9.82. The van der Waals surface area contributed by atoms with Gasteiger partial charge >= 0.3 is 0 Å². The molecule has 16 heavy (non-hydrogen) atoms. The van der Waals surface area contributed by atoms with Crippen molar-refractivity contribution in [3.63, 3.8) is 0 Å². The molecule has 1 aromatic rings. The number of hydrogen-bond donors (Lipinski definition) is 1. The highest BCUT2D eigenvalue weighted by Crippen LogP contribution is 2.31. The maximum Gasteiger partial charge on any atom is 0.0411 e. The summed E-state index contributed by atoms with van der Waals surface area (Å²) in [5, 5.41) is 0. The third-order valence-electron chi connectivity index (χ3n) is 3.87. The summed E-state index contributed by atoms with van der Waals surface area (Å²) in [6.07, 6.45) is 2.68. The van der Waals surface area contributed by atoms with Crippen molar-refractivity contribution >= 4 is 11.4 Å². The topological polar surface area (TPSA) is 32.5 Å². The predicted molar refractivity (Wildman–Crippen MR) is 67.6 cm³/mol. The Hall–Kier alpha value is -1.22. The minimum Gasteiger partial charge on any atom is -0.399 e. The van der Waals surface area contributed by atoms with Crippen LogP contribution in [0.2, 0.25) is 0 Å². The minimum absolute atomic E-state index is 0.735. The lowest BCUT2D eigenvalue weighted by molar-refractivity contribution is 0.255. The van der Waals surface area contributed by atoms with Crippen molar-refractivity contribution < 1.29 is 0 Å². The van der Waals surface area contributed by atoms with E-state index in [1.54, 1.807) is 0 Å². The first-order chi connectivity index (χ1) is 7.74. The monoisotopic (exact) mass is 217 g/mol. The summed E-state index contributed by atoms with van der Waals surface area (Å²) in [4.78, 5) is 4.98. The molecule has 2 aliphatic rings. The lowest BCUT2D eigenvalue weighted by Crippen LogP contribution is -2.35. The summed E-state index contributed by atoms with van der Waals surface area (Å²) in [6, 6.07) is 7.03. The van der Waals surface area contributed by atoms with Crippen LogP contribution >= 0.6 is 0 Å². The zero-order chi connectivity index (χ0) is 11.1. The number of benzene rings is 1. The third-order valence-corrected chi connectivity index (χ3v) is 3.87. The van der Waals surface area contributed by atoms with Crippen LogP contribution in [0.15, 0.2) is 18.2 Å². The van der Waals surface area contributed by atoms with Crippen LogP contribution in [0, 0.1) is 0 Å². The lowest BCUT2D eigenvalue weighted by atomic mass is 10.1. The molecule has 3 rings (SSSR count). The molecular weight excluding hydrogens is 198 g/mol. The number of anilines is 2. The van der Waals surface area contributed by atoms with E-state index in [0.717, 1.165) is 24.8 Å². The van der Waals surface area contributed by atoms with Crippen LogP contribution in [0.25, 0.3) is 0 Å². The van der Waals surface area contributed by atoms with Crippen LogP contribution in [0.3, 0.4) is 0 Å². The van der Waals surface area contributed by atoms with E-state index >= 15 is 0 Å². The van der Waals surface area contributed by atoms with E-state index in [2.05, 4.69) is 29.0 Å². The SMILES string of the molecule is CN1CC2CCCN2Cc2cc(N)ccc21. The number of likely N-dealkylation sites (N-methyl/N-ethyl adjacent to an activating group) is 1. The van der Waals surface area contributed by atoms with Crippen LogP contribution in [-0.4, -0.2) is 31.1 Å². The first-order valence-electron chi connectivity index (χ1n) is 6.07. The van der Waals surface area contributed by atoms with Gasteiger partial charge in [0.1, 0.15) is 0 Å². The molecule has 86 valence electrons. The first-order valence-corrected chi connectivity index (χ1v) is 6.07. The van der Waals surface area contributed by atoms with E-state index < -0.39 is 0 Å². The number of fused-ring (bicyclic) bond motifs is 2. The lowest BCUT2D eigenvalue weighted by Gasteiger charge is -2.24. The van der Waals surface area contributed by atoms with Crippen molar-refractivity contribution in [1.82, 2.24) is 4.90 Å². The Balaban J connectivity index is 2.00. The van der Waals surface area contributed by atoms with E-state index in [0.29, 0.717) is 0 Å². The molecule has 1 aromatic carbocycles. The Kier molecular flexibility index (Phi) is 2.28. The van der Waals surface area contributed by atoms with Crippen molar-refractivity contribution in [1.29, 1.82) is 0 Å². The first kappa shape index (κ1) is 9.97. The second-order valence-corrected chi connectivity index (χ2v) is 5.04.